The topological polar surface area (TPSA) is 55.4 Å². The van der Waals surface area contributed by atoms with Crippen LogP contribution in [0.3, 0.4) is 0 Å². The summed E-state index contributed by atoms with van der Waals surface area (Å²) in [4.78, 5) is 22.1. The minimum Gasteiger partial charge on any atom is -0.457 e. The summed E-state index contributed by atoms with van der Waals surface area (Å²) < 4.78 is 5.05. The molecule has 0 aliphatic carbocycles. The van der Waals surface area contributed by atoms with Gasteiger partial charge in [0, 0.05) is 0 Å². The Balaban J connectivity index is 2.52. The van der Waals surface area contributed by atoms with Gasteiger partial charge >= 0.3 is 5.97 Å². The molecule has 0 aromatic heterocycles. The van der Waals surface area contributed by atoms with Crippen molar-refractivity contribution in [2.24, 2.45) is 0 Å². The summed E-state index contributed by atoms with van der Waals surface area (Å²) in [6.07, 6.45) is 1.31. The van der Waals surface area contributed by atoms with Crippen molar-refractivity contribution in [1.82, 2.24) is 5.32 Å². The highest BCUT2D eigenvalue weighted by Crippen LogP contribution is 2.19. The monoisotopic (exact) mass is 215 g/mol. The molecule has 1 aliphatic heterocycles. The molecule has 78 valence electrons. The van der Waals surface area contributed by atoms with E-state index >= 15 is 0 Å². The lowest BCUT2D eigenvalue weighted by Crippen LogP contribution is -2.23. The van der Waals surface area contributed by atoms with Crippen LogP contribution in [0.5, 0.6) is 0 Å². The summed E-state index contributed by atoms with van der Waals surface area (Å²) in [5.74, 6) is -0.138. The standard InChI is InChI=1S/C9H13NO3S/c1-9(2,3)13-8(12)4-7-10-6(11)5-14-7/h4H,5H2,1-3H3,(H,10,11). The second-order valence-corrected chi connectivity index (χ2v) is 4.90. The van der Waals surface area contributed by atoms with Crippen LogP contribution in [-0.2, 0) is 14.3 Å². The van der Waals surface area contributed by atoms with E-state index in [0.29, 0.717) is 10.8 Å². The van der Waals surface area contributed by atoms with Gasteiger partial charge in [0.05, 0.1) is 16.9 Å². The van der Waals surface area contributed by atoms with Crippen LogP contribution in [-0.4, -0.2) is 23.2 Å². The predicted octanol–water partition coefficient (Wildman–Crippen LogP) is 1.03. The Bertz CT molecular complexity index is 291. The zero-order chi connectivity index (χ0) is 10.8. The number of rotatable bonds is 1. The molecule has 1 heterocycles. The van der Waals surface area contributed by atoms with Crippen LogP contribution < -0.4 is 5.32 Å². The zero-order valence-electron chi connectivity index (χ0n) is 8.42. The number of carbonyl (C=O) groups is 2. The Kier molecular flexibility index (Phi) is 3.21. The van der Waals surface area contributed by atoms with Crippen LogP contribution >= 0.6 is 11.8 Å². The Hall–Kier alpha value is -0.970. The van der Waals surface area contributed by atoms with Crippen molar-refractivity contribution in [3.05, 3.63) is 11.1 Å². The molecule has 0 bridgehead atoms. The summed E-state index contributed by atoms with van der Waals surface area (Å²) in [5, 5.41) is 3.11. The van der Waals surface area contributed by atoms with Crippen molar-refractivity contribution < 1.29 is 14.3 Å². The molecule has 0 atom stereocenters. The summed E-state index contributed by atoms with van der Waals surface area (Å²) in [5.41, 5.74) is -0.499. The number of carbonyl (C=O) groups excluding carboxylic acids is 2. The van der Waals surface area contributed by atoms with Crippen LogP contribution in [0.2, 0.25) is 0 Å². The Morgan fingerprint density at radius 3 is 2.64 bits per heavy atom. The number of esters is 1. The number of thioether (sulfide) groups is 1. The third kappa shape index (κ3) is 3.83. The normalized spacial score (nSPS) is 19.6. The molecule has 0 aromatic rings. The lowest BCUT2D eigenvalue weighted by atomic mass is 10.2. The number of amides is 1. The number of hydrogen-bond donors (Lipinski definition) is 1. The maximum absolute atomic E-state index is 11.3. The van der Waals surface area contributed by atoms with Crippen molar-refractivity contribution in [3.8, 4) is 0 Å². The van der Waals surface area contributed by atoms with Crippen molar-refractivity contribution in [2.45, 2.75) is 26.4 Å². The van der Waals surface area contributed by atoms with Gasteiger partial charge in [-0.3, -0.25) is 4.79 Å². The Morgan fingerprint density at radius 1 is 1.57 bits per heavy atom. The summed E-state index contributed by atoms with van der Waals surface area (Å²) in [7, 11) is 0. The lowest BCUT2D eigenvalue weighted by Gasteiger charge is -2.18. The summed E-state index contributed by atoms with van der Waals surface area (Å²) in [6.45, 7) is 5.39. The van der Waals surface area contributed by atoms with Gasteiger partial charge in [0.25, 0.3) is 0 Å². The molecule has 0 radical (unpaired) electrons. The first-order chi connectivity index (χ1) is 6.37. The predicted molar refractivity (Wildman–Crippen MR) is 54.5 cm³/mol. The molecule has 0 unspecified atom stereocenters. The van der Waals surface area contributed by atoms with Gasteiger partial charge in [-0.25, -0.2) is 4.79 Å². The zero-order valence-corrected chi connectivity index (χ0v) is 9.23. The number of nitrogens with one attached hydrogen (secondary N) is 1. The fourth-order valence-corrected chi connectivity index (χ4v) is 1.59. The first-order valence-corrected chi connectivity index (χ1v) is 5.23. The van der Waals surface area contributed by atoms with Gasteiger partial charge in [0.1, 0.15) is 5.60 Å². The van der Waals surface area contributed by atoms with E-state index in [1.165, 1.54) is 17.8 Å². The van der Waals surface area contributed by atoms with Crippen molar-refractivity contribution >= 4 is 23.6 Å². The summed E-state index contributed by atoms with van der Waals surface area (Å²) >= 11 is 1.30. The van der Waals surface area contributed by atoms with E-state index in [0.717, 1.165) is 0 Å². The molecule has 1 amide bonds. The average Bonchev–Trinajstić information content (AvgIpc) is 2.30. The third-order valence-electron chi connectivity index (χ3n) is 1.28. The number of hydrogen-bond acceptors (Lipinski definition) is 4. The molecule has 1 N–H and O–H groups in total. The van der Waals surface area contributed by atoms with E-state index in [9.17, 15) is 9.59 Å². The van der Waals surface area contributed by atoms with Crippen LogP contribution in [0.4, 0.5) is 0 Å². The Labute approximate surface area is 87.1 Å². The van der Waals surface area contributed by atoms with E-state index in [2.05, 4.69) is 5.32 Å². The molecular weight excluding hydrogens is 202 g/mol. The molecule has 0 aromatic carbocycles. The minimum atomic E-state index is -0.499. The second-order valence-electron chi connectivity index (χ2n) is 3.88. The molecule has 14 heavy (non-hydrogen) atoms. The maximum Gasteiger partial charge on any atom is 0.333 e. The summed E-state index contributed by atoms with van der Waals surface area (Å²) in [6, 6.07) is 0. The second kappa shape index (κ2) is 4.04. The highest BCUT2D eigenvalue weighted by Gasteiger charge is 2.19. The van der Waals surface area contributed by atoms with E-state index < -0.39 is 11.6 Å². The highest BCUT2D eigenvalue weighted by atomic mass is 32.2. The molecule has 1 rings (SSSR count). The average molecular weight is 215 g/mol. The van der Waals surface area contributed by atoms with Crippen LogP contribution in [0.1, 0.15) is 20.8 Å². The van der Waals surface area contributed by atoms with Crippen molar-refractivity contribution in [1.29, 1.82) is 0 Å². The Morgan fingerprint density at radius 2 is 2.21 bits per heavy atom. The lowest BCUT2D eigenvalue weighted by molar-refractivity contribution is -0.148. The van der Waals surface area contributed by atoms with Crippen molar-refractivity contribution in [3.63, 3.8) is 0 Å². The van der Waals surface area contributed by atoms with Gasteiger partial charge in [-0.15, -0.1) is 0 Å². The fourth-order valence-electron chi connectivity index (χ4n) is 0.869. The van der Waals surface area contributed by atoms with E-state index in [1.54, 1.807) is 20.8 Å². The van der Waals surface area contributed by atoms with E-state index in [1.807, 2.05) is 0 Å². The molecule has 4 nitrogen and oxygen atoms in total. The molecular formula is C9H13NO3S. The first kappa shape index (κ1) is 11.1. The molecule has 1 saturated heterocycles. The number of ether oxygens (including phenoxy) is 1. The smallest absolute Gasteiger partial charge is 0.333 e. The van der Waals surface area contributed by atoms with Crippen LogP contribution in [0.25, 0.3) is 0 Å². The quantitative estimate of drug-likeness (QED) is 0.524. The molecule has 0 saturated carbocycles. The van der Waals surface area contributed by atoms with Crippen molar-refractivity contribution in [2.75, 3.05) is 5.75 Å². The fraction of sp³-hybridized carbons (Fsp3) is 0.556. The largest absolute Gasteiger partial charge is 0.457 e. The van der Waals surface area contributed by atoms with Crippen LogP contribution in [0.15, 0.2) is 11.1 Å². The van der Waals surface area contributed by atoms with Gasteiger partial charge in [0.2, 0.25) is 5.91 Å². The minimum absolute atomic E-state index is 0.0789. The van der Waals surface area contributed by atoms with Crippen LogP contribution in [0, 0.1) is 0 Å². The van der Waals surface area contributed by atoms with Gasteiger partial charge in [-0.1, -0.05) is 11.8 Å². The SMILES string of the molecule is CC(C)(C)OC(=O)C=C1NC(=O)CS1. The molecule has 0 spiro atoms. The van der Waals surface area contributed by atoms with Gasteiger partial charge in [-0.05, 0) is 20.8 Å². The van der Waals surface area contributed by atoms with Gasteiger partial charge in [-0.2, -0.15) is 0 Å². The molecule has 5 heteroatoms. The maximum atomic E-state index is 11.3. The van der Waals surface area contributed by atoms with E-state index in [-0.39, 0.29) is 5.91 Å². The molecule has 1 fully saturated rings. The third-order valence-corrected chi connectivity index (χ3v) is 2.21. The first-order valence-electron chi connectivity index (χ1n) is 4.24. The molecule has 1 aliphatic rings. The van der Waals surface area contributed by atoms with E-state index in [4.69, 9.17) is 4.74 Å². The van der Waals surface area contributed by atoms with Gasteiger partial charge in [0.15, 0.2) is 0 Å². The van der Waals surface area contributed by atoms with Gasteiger partial charge < -0.3 is 10.1 Å². The highest BCUT2D eigenvalue weighted by molar-refractivity contribution is 8.04.